The van der Waals surface area contributed by atoms with Gasteiger partial charge >= 0.3 is 5.91 Å². The van der Waals surface area contributed by atoms with Crippen molar-refractivity contribution in [2.45, 2.75) is 5.03 Å². The first-order valence-corrected chi connectivity index (χ1v) is 8.74. The summed E-state index contributed by atoms with van der Waals surface area (Å²) in [6.45, 7) is 0. The molecule has 7 nitrogen and oxygen atoms in total. The Hall–Kier alpha value is -2.94. The topological polar surface area (TPSA) is 90.1 Å². The van der Waals surface area contributed by atoms with E-state index >= 15 is 0 Å². The molecule has 2 heterocycles. The summed E-state index contributed by atoms with van der Waals surface area (Å²) in [5, 5.41) is 8.13. The Morgan fingerprint density at radius 1 is 1.21 bits per heavy atom. The quantitative estimate of drug-likeness (QED) is 0.725. The van der Waals surface area contributed by atoms with Crippen molar-refractivity contribution in [1.82, 2.24) is 20.0 Å². The van der Waals surface area contributed by atoms with E-state index in [0.717, 1.165) is 0 Å². The normalized spacial score (nSPS) is 13.2. The molecule has 24 heavy (non-hydrogen) atoms. The molecular formula is C15H12FN5O2S. The predicted molar refractivity (Wildman–Crippen MR) is 84.6 cm³/mol. The lowest BCUT2D eigenvalue weighted by Gasteiger charge is -2.01. The molecule has 0 saturated heterocycles. The fourth-order valence-corrected chi connectivity index (χ4v) is 2.97. The molecule has 0 aliphatic carbocycles. The van der Waals surface area contributed by atoms with Crippen molar-refractivity contribution in [1.29, 1.82) is 0 Å². The molecule has 1 amide bonds. The molecule has 1 atom stereocenters. The summed E-state index contributed by atoms with van der Waals surface area (Å²) in [4.78, 5) is 17.3. The van der Waals surface area contributed by atoms with Crippen LogP contribution in [-0.2, 0) is 9.73 Å². The van der Waals surface area contributed by atoms with Gasteiger partial charge in [-0.05, 0) is 36.4 Å². The van der Waals surface area contributed by atoms with Gasteiger partial charge in [-0.3, -0.25) is 4.79 Å². The van der Waals surface area contributed by atoms with Crippen LogP contribution in [-0.4, -0.2) is 36.3 Å². The van der Waals surface area contributed by atoms with Crippen molar-refractivity contribution in [3.63, 3.8) is 0 Å². The molecule has 0 saturated carbocycles. The van der Waals surface area contributed by atoms with E-state index in [9.17, 15) is 13.4 Å². The van der Waals surface area contributed by atoms with Crippen LogP contribution < -0.4 is 0 Å². The van der Waals surface area contributed by atoms with Crippen molar-refractivity contribution >= 4 is 15.6 Å². The van der Waals surface area contributed by atoms with Crippen molar-refractivity contribution in [2.24, 2.45) is 4.36 Å². The lowest BCUT2D eigenvalue weighted by molar-refractivity contribution is 0.1000. The smallest absolute Gasteiger partial charge is 0.264 e. The highest BCUT2D eigenvalue weighted by Gasteiger charge is 2.15. The summed E-state index contributed by atoms with van der Waals surface area (Å²) in [6.07, 6.45) is 4.02. The van der Waals surface area contributed by atoms with Crippen LogP contribution in [0.5, 0.6) is 0 Å². The number of hydrogen-bond donors (Lipinski definition) is 0. The van der Waals surface area contributed by atoms with Crippen LogP contribution in [0.4, 0.5) is 4.39 Å². The summed E-state index contributed by atoms with van der Waals surface area (Å²) >= 11 is 0. The lowest BCUT2D eigenvalue weighted by atomic mass is 10.3. The highest BCUT2D eigenvalue weighted by Crippen LogP contribution is 2.11. The van der Waals surface area contributed by atoms with Gasteiger partial charge in [-0.15, -0.1) is 5.10 Å². The fraction of sp³-hybridized carbons (Fsp3) is 0.0667. The number of carbonyl (C=O) groups is 1. The zero-order valence-corrected chi connectivity index (χ0v) is 13.4. The van der Waals surface area contributed by atoms with Gasteiger partial charge in [0.1, 0.15) is 10.8 Å². The zero-order chi connectivity index (χ0) is 17.2. The van der Waals surface area contributed by atoms with Crippen LogP contribution in [0.2, 0.25) is 0 Å². The van der Waals surface area contributed by atoms with Gasteiger partial charge in [0.15, 0.2) is 5.69 Å². The number of halogens is 1. The van der Waals surface area contributed by atoms with E-state index in [1.54, 1.807) is 12.1 Å². The van der Waals surface area contributed by atoms with Gasteiger partial charge in [-0.25, -0.2) is 13.6 Å². The number of pyridine rings is 1. The van der Waals surface area contributed by atoms with Gasteiger partial charge in [-0.1, -0.05) is 6.07 Å². The van der Waals surface area contributed by atoms with Crippen LogP contribution >= 0.6 is 0 Å². The van der Waals surface area contributed by atoms with E-state index in [0.29, 0.717) is 5.69 Å². The molecule has 3 aromatic rings. The molecule has 0 aliphatic heterocycles. The molecule has 3 rings (SSSR count). The molecule has 1 unspecified atom stereocenters. The molecular weight excluding hydrogens is 333 g/mol. The van der Waals surface area contributed by atoms with Gasteiger partial charge in [-0.2, -0.15) is 14.3 Å². The van der Waals surface area contributed by atoms with Crippen molar-refractivity contribution in [2.75, 3.05) is 6.26 Å². The Labute approximate surface area is 137 Å². The number of rotatable bonds is 3. The van der Waals surface area contributed by atoms with Gasteiger partial charge in [0, 0.05) is 12.5 Å². The molecule has 0 bridgehead atoms. The minimum atomic E-state index is -2.98. The van der Waals surface area contributed by atoms with Crippen LogP contribution in [0, 0.1) is 5.82 Å². The Bertz CT molecular complexity index is 992. The van der Waals surface area contributed by atoms with Crippen molar-refractivity contribution < 1.29 is 13.4 Å². The number of benzene rings is 1. The number of amides is 1. The molecule has 2 aromatic heterocycles. The van der Waals surface area contributed by atoms with Crippen molar-refractivity contribution in [3.05, 3.63) is 66.4 Å². The monoisotopic (exact) mass is 345 g/mol. The van der Waals surface area contributed by atoms with E-state index in [-0.39, 0.29) is 10.7 Å². The minimum absolute atomic E-state index is 0.0650. The summed E-state index contributed by atoms with van der Waals surface area (Å²) in [7, 11) is -2.98. The molecule has 0 spiro atoms. The molecule has 9 heteroatoms. The molecule has 0 radical (unpaired) electrons. The Balaban J connectivity index is 1.90. The average Bonchev–Trinajstić information content (AvgIpc) is 3.06. The molecule has 0 aliphatic rings. The maximum Gasteiger partial charge on any atom is 0.307 e. The van der Waals surface area contributed by atoms with Crippen LogP contribution in [0.3, 0.4) is 0 Å². The minimum Gasteiger partial charge on any atom is -0.264 e. The summed E-state index contributed by atoms with van der Waals surface area (Å²) in [5.41, 5.74) is 0.419. The number of nitrogens with zero attached hydrogens (tertiary/aromatic N) is 5. The largest absolute Gasteiger partial charge is 0.307 e. The lowest BCUT2D eigenvalue weighted by Crippen LogP contribution is -2.06. The standard InChI is InChI=1S/C15H12FN5O2S/c1-24(23,14-4-2-3-9-17-14)20-15(22)13-10-18-21(19-13)12-7-5-11(16)6-8-12/h2-10H,1H3. The first kappa shape index (κ1) is 15.9. The third kappa shape index (κ3) is 3.35. The van der Waals surface area contributed by atoms with Crippen molar-refractivity contribution in [3.8, 4) is 5.69 Å². The van der Waals surface area contributed by atoms with Crippen LogP contribution in [0.15, 0.2) is 64.2 Å². The van der Waals surface area contributed by atoms with E-state index in [4.69, 9.17) is 0 Å². The van der Waals surface area contributed by atoms with E-state index in [1.807, 2.05) is 0 Å². The van der Waals surface area contributed by atoms with E-state index in [1.165, 1.54) is 53.8 Å². The van der Waals surface area contributed by atoms with Gasteiger partial charge in [0.25, 0.3) is 0 Å². The molecule has 122 valence electrons. The summed E-state index contributed by atoms with van der Waals surface area (Å²) < 4.78 is 29.2. The zero-order valence-electron chi connectivity index (χ0n) is 12.5. The first-order chi connectivity index (χ1) is 11.5. The average molecular weight is 345 g/mol. The third-order valence-electron chi connectivity index (χ3n) is 3.05. The Morgan fingerprint density at radius 3 is 2.62 bits per heavy atom. The van der Waals surface area contributed by atoms with E-state index < -0.39 is 21.5 Å². The highest BCUT2D eigenvalue weighted by molar-refractivity contribution is 7.93. The number of carbonyl (C=O) groups excluding carboxylic acids is 1. The SMILES string of the molecule is CS(=O)(=NC(=O)c1cnn(-c2ccc(F)cc2)n1)c1ccccn1. The van der Waals surface area contributed by atoms with Gasteiger partial charge in [0.05, 0.1) is 21.6 Å². The molecule has 0 fully saturated rings. The predicted octanol–water partition coefficient (Wildman–Crippen LogP) is 2.10. The van der Waals surface area contributed by atoms with Crippen LogP contribution in [0.25, 0.3) is 5.69 Å². The first-order valence-electron chi connectivity index (χ1n) is 6.81. The van der Waals surface area contributed by atoms with E-state index in [2.05, 4.69) is 19.5 Å². The molecule has 0 N–H and O–H groups in total. The Kier molecular flexibility index (Phi) is 4.17. The third-order valence-corrected chi connectivity index (χ3v) is 4.58. The number of aromatic nitrogens is 4. The second-order valence-electron chi connectivity index (χ2n) is 4.86. The van der Waals surface area contributed by atoms with Gasteiger partial charge in [0.2, 0.25) is 0 Å². The highest BCUT2D eigenvalue weighted by atomic mass is 32.2. The fourth-order valence-electron chi connectivity index (χ4n) is 1.88. The molecule has 1 aromatic carbocycles. The van der Waals surface area contributed by atoms with Gasteiger partial charge < -0.3 is 0 Å². The maximum atomic E-state index is 12.9. The Morgan fingerprint density at radius 2 is 1.96 bits per heavy atom. The second-order valence-corrected chi connectivity index (χ2v) is 7.07. The summed E-state index contributed by atoms with van der Waals surface area (Å²) in [6, 6.07) is 10.3. The summed E-state index contributed by atoms with van der Waals surface area (Å²) in [5.74, 6) is -1.15. The van der Waals surface area contributed by atoms with Crippen LogP contribution in [0.1, 0.15) is 10.5 Å². The maximum absolute atomic E-state index is 12.9. The second kappa shape index (κ2) is 6.28. The number of hydrogen-bond acceptors (Lipinski definition) is 5.